The fourth-order valence-electron chi connectivity index (χ4n) is 4.17. The number of sulfonamides is 1. The molecule has 3 aromatic rings. The summed E-state index contributed by atoms with van der Waals surface area (Å²) >= 11 is 6.06. The van der Waals surface area contributed by atoms with E-state index in [1.807, 2.05) is 45.0 Å². The van der Waals surface area contributed by atoms with Crippen molar-refractivity contribution in [2.45, 2.75) is 57.5 Å². The van der Waals surface area contributed by atoms with Gasteiger partial charge in [-0.3, -0.25) is 13.9 Å². The Bertz CT molecular complexity index is 1330. The van der Waals surface area contributed by atoms with Crippen LogP contribution in [0.5, 0.6) is 0 Å². The van der Waals surface area contributed by atoms with E-state index in [1.54, 1.807) is 42.5 Å². The van der Waals surface area contributed by atoms with Gasteiger partial charge in [0.1, 0.15) is 12.6 Å². The lowest BCUT2D eigenvalue weighted by molar-refractivity contribution is -0.140. The van der Waals surface area contributed by atoms with E-state index in [2.05, 4.69) is 5.32 Å². The maximum atomic E-state index is 14.0. The minimum atomic E-state index is -4.10. The fourth-order valence-corrected chi connectivity index (χ4v) is 5.73. The summed E-state index contributed by atoms with van der Waals surface area (Å²) < 4.78 is 28.6. The number of unbranched alkanes of at least 4 members (excludes halogenated alkanes) is 1. The average Bonchev–Trinajstić information content (AvgIpc) is 2.93. The first-order valence-corrected chi connectivity index (χ1v) is 14.9. The molecule has 0 saturated carbocycles. The summed E-state index contributed by atoms with van der Waals surface area (Å²) in [6, 6.07) is 21.2. The van der Waals surface area contributed by atoms with Gasteiger partial charge in [-0.1, -0.05) is 79.9 Å². The molecule has 0 aliphatic heterocycles. The van der Waals surface area contributed by atoms with E-state index in [0.717, 1.165) is 28.3 Å². The van der Waals surface area contributed by atoms with Crippen LogP contribution in [0, 0.1) is 6.92 Å². The number of aryl methyl sites for hydroxylation is 1. The monoisotopic (exact) mass is 569 g/mol. The Kier molecular flexibility index (Phi) is 10.9. The predicted octanol–water partition coefficient (Wildman–Crippen LogP) is 5.57. The standard InChI is InChI=1S/C30H36ClN3O4S/c1-4-6-20-32-30(36)28(5-2)33(21-24-14-12-23(3)13-15-24)29(35)22-34(26-18-16-25(31)17-19-26)39(37,38)27-10-8-7-9-11-27/h7-19,28H,4-6,20-22H2,1-3H3,(H,32,36)/t28-/m1/s1. The Morgan fingerprint density at radius 2 is 1.56 bits per heavy atom. The van der Waals surface area contributed by atoms with Crippen molar-refractivity contribution in [1.82, 2.24) is 10.2 Å². The highest BCUT2D eigenvalue weighted by Crippen LogP contribution is 2.26. The summed E-state index contributed by atoms with van der Waals surface area (Å²) in [6.07, 6.45) is 2.13. The third-order valence-electron chi connectivity index (χ3n) is 6.41. The molecular weight excluding hydrogens is 534 g/mol. The van der Waals surface area contributed by atoms with Crippen LogP contribution < -0.4 is 9.62 Å². The average molecular weight is 570 g/mol. The van der Waals surface area contributed by atoms with E-state index in [4.69, 9.17) is 11.6 Å². The molecule has 7 nitrogen and oxygen atoms in total. The van der Waals surface area contributed by atoms with Gasteiger partial charge in [0.2, 0.25) is 11.8 Å². The van der Waals surface area contributed by atoms with Crippen molar-refractivity contribution in [3.8, 4) is 0 Å². The van der Waals surface area contributed by atoms with Crippen LogP contribution in [0.4, 0.5) is 5.69 Å². The molecule has 0 aliphatic rings. The highest BCUT2D eigenvalue weighted by Gasteiger charge is 2.33. The van der Waals surface area contributed by atoms with Crippen LogP contribution in [0.2, 0.25) is 5.02 Å². The van der Waals surface area contributed by atoms with Gasteiger partial charge in [0.25, 0.3) is 10.0 Å². The summed E-state index contributed by atoms with van der Waals surface area (Å²) in [5.41, 5.74) is 2.22. The molecule has 1 atom stereocenters. The number of rotatable bonds is 13. The Labute approximate surface area is 236 Å². The Hall–Kier alpha value is -3.36. The van der Waals surface area contributed by atoms with Gasteiger partial charge in [-0.15, -0.1) is 0 Å². The normalized spacial score (nSPS) is 12.0. The van der Waals surface area contributed by atoms with Crippen LogP contribution >= 0.6 is 11.6 Å². The lowest BCUT2D eigenvalue weighted by Gasteiger charge is -2.33. The number of nitrogens with zero attached hydrogens (tertiary/aromatic N) is 2. The van der Waals surface area contributed by atoms with Gasteiger partial charge >= 0.3 is 0 Å². The van der Waals surface area contributed by atoms with Gasteiger partial charge in [0, 0.05) is 18.1 Å². The van der Waals surface area contributed by atoms with Crippen molar-refractivity contribution in [3.05, 3.63) is 95.0 Å². The number of halogens is 1. The van der Waals surface area contributed by atoms with Gasteiger partial charge in [0.05, 0.1) is 10.6 Å². The molecule has 0 saturated heterocycles. The number of benzene rings is 3. The molecule has 0 aliphatic carbocycles. The van der Waals surface area contributed by atoms with Crippen molar-refractivity contribution in [2.75, 3.05) is 17.4 Å². The molecule has 3 rings (SSSR count). The Morgan fingerprint density at radius 3 is 2.15 bits per heavy atom. The van der Waals surface area contributed by atoms with E-state index < -0.39 is 28.5 Å². The molecule has 0 heterocycles. The smallest absolute Gasteiger partial charge is 0.264 e. The molecule has 0 spiro atoms. The second kappa shape index (κ2) is 14.1. The summed E-state index contributed by atoms with van der Waals surface area (Å²) in [5, 5.41) is 3.38. The minimum Gasteiger partial charge on any atom is -0.354 e. The number of carbonyl (C=O) groups is 2. The van der Waals surface area contributed by atoms with Crippen molar-refractivity contribution in [3.63, 3.8) is 0 Å². The summed E-state index contributed by atoms with van der Waals surface area (Å²) in [4.78, 5) is 28.7. The molecule has 0 aromatic heterocycles. The van der Waals surface area contributed by atoms with Crippen molar-refractivity contribution in [2.24, 2.45) is 0 Å². The second-order valence-electron chi connectivity index (χ2n) is 9.38. The fraction of sp³-hybridized carbons (Fsp3) is 0.333. The SMILES string of the molecule is CCCCNC(=O)[C@@H](CC)N(Cc1ccc(C)cc1)C(=O)CN(c1ccc(Cl)cc1)S(=O)(=O)c1ccccc1. The zero-order valence-corrected chi connectivity index (χ0v) is 24.2. The van der Waals surface area contributed by atoms with Crippen LogP contribution in [0.1, 0.15) is 44.2 Å². The first kappa shape index (κ1) is 30.2. The van der Waals surface area contributed by atoms with Gasteiger partial charge in [-0.05, 0) is 61.7 Å². The number of amides is 2. The van der Waals surface area contributed by atoms with E-state index in [0.29, 0.717) is 23.7 Å². The Morgan fingerprint density at radius 1 is 0.923 bits per heavy atom. The maximum absolute atomic E-state index is 14.0. The van der Waals surface area contributed by atoms with Crippen LogP contribution in [0.15, 0.2) is 83.8 Å². The first-order chi connectivity index (χ1) is 18.7. The highest BCUT2D eigenvalue weighted by atomic mass is 35.5. The van der Waals surface area contributed by atoms with E-state index >= 15 is 0 Å². The summed E-state index contributed by atoms with van der Waals surface area (Å²) in [6.45, 7) is 6.05. The molecule has 0 radical (unpaired) electrons. The van der Waals surface area contributed by atoms with Crippen LogP contribution in [0.25, 0.3) is 0 Å². The molecule has 208 valence electrons. The van der Waals surface area contributed by atoms with Gasteiger partial charge in [-0.2, -0.15) is 0 Å². The summed E-state index contributed by atoms with van der Waals surface area (Å²) in [5.74, 6) is -0.738. The van der Waals surface area contributed by atoms with E-state index in [-0.39, 0.29) is 17.3 Å². The predicted molar refractivity (Wildman–Crippen MR) is 156 cm³/mol. The largest absolute Gasteiger partial charge is 0.354 e. The third kappa shape index (κ3) is 8.07. The van der Waals surface area contributed by atoms with Crippen LogP contribution in [0.3, 0.4) is 0 Å². The topological polar surface area (TPSA) is 86.8 Å². The molecule has 2 amide bonds. The summed E-state index contributed by atoms with van der Waals surface area (Å²) in [7, 11) is -4.10. The van der Waals surface area contributed by atoms with Gasteiger partial charge in [0.15, 0.2) is 0 Å². The highest BCUT2D eigenvalue weighted by molar-refractivity contribution is 7.92. The number of hydrogen-bond acceptors (Lipinski definition) is 4. The Balaban J connectivity index is 2.01. The van der Waals surface area contributed by atoms with Crippen molar-refractivity contribution >= 4 is 39.1 Å². The van der Waals surface area contributed by atoms with Crippen molar-refractivity contribution in [1.29, 1.82) is 0 Å². The van der Waals surface area contributed by atoms with Crippen LogP contribution in [-0.4, -0.2) is 44.3 Å². The number of hydrogen-bond donors (Lipinski definition) is 1. The zero-order chi connectivity index (χ0) is 28.4. The molecule has 0 unspecified atom stereocenters. The lowest BCUT2D eigenvalue weighted by Crippen LogP contribution is -2.52. The van der Waals surface area contributed by atoms with Crippen molar-refractivity contribution < 1.29 is 18.0 Å². The van der Waals surface area contributed by atoms with Gasteiger partial charge < -0.3 is 10.2 Å². The molecule has 0 bridgehead atoms. The zero-order valence-electron chi connectivity index (χ0n) is 22.6. The molecule has 39 heavy (non-hydrogen) atoms. The number of nitrogens with one attached hydrogen (secondary N) is 1. The maximum Gasteiger partial charge on any atom is 0.264 e. The third-order valence-corrected chi connectivity index (χ3v) is 8.45. The molecule has 9 heteroatoms. The molecule has 1 N–H and O–H groups in total. The molecule has 3 aromatic carbocycles. The molecular formula is C30H36ClN3O4S. The lowest BCUT2D eigenvalue weighted by atomic mass is 10.1. The number of carbonyl (C=O) groups excluding carboxylic acids is 2. The minimum absolute atomic E-state index is 0.0576. The second-order valence-corrected chi connectivity index (χ2v) is 11.7. The molecule has 0 fully saturated rings. The van der Waals surface area contributed by atoms with E-state index in [1.165, 1.54) is 17.0 Å². The quantitative estimate of drug-likeness (QED) is 0.273. The number of anilines is 1. The van der Waals surface area contributed by atoms with Gasteiger partial charge in [-0.25, -0.2) is 8.42 Å². The first-order valence-electron chi connectivity index (χ1n) is 13.1. The van der Waals surface area contributed by atoms with Crippen LogP contribution in [-0.2, 0) is 26.2 Å². The van der Waals surface area contributed by atoms with E-state index in [9.17, 15) is 18.0 Å².